The normalized spacial score (nSPS) is 28.9. The van der Waals surface area contributed by atoms with Gasteiger partial charge in [-0.2, -0.15) is 0 Å². The van der Waals surface area contributed by atoms with E-state index in [9.17, 15) is 4.79 Å². The van der Waals surface area contributed by atoms with Gasteiger partial charge < -0.3 is 15.0 Å². The number of ether oxygens (including phenoxy) is 1. The van der Waals surface area contributed by atoms with Crippen molar-refractivity contribution in [3.63, 3.8) is 0 Å². The number of carbonyl (C=O) groups is 1. The summed E-state index contributed by atoms with van der Waals surface area (Å²) in [7, 11) is 0. The summed E-state index contributed by atoms with van der Waals surface area (Å²) in [6, 6.07) is 10.1. The Kier molecular flexibility index (Phi) is 5.50. The predicted molar refractivity (Wildman–Crippen MR) is 113 cm³/mol. The molecule has 3 aliphatic rings. The fourth-order valence-corrected chi connectivity index (χ4v) is 5.37. The molecule has 1 aliphatic heterocycles. The van der Waals surface area contributed by atoms with Crippen molar-refractivity contribution in [1.82, 2.24) is 15.5 Å². The van der Waals surface area contributed by atoms with Crippen molar-refractivity contribution in [3.8, 4) is 0 Å². The summed E-state index contributed by atoms with van der Waals surface area (Å²) in [6.45, 7) is 2.86. The highest BCUT2D eigenvalue weighted by Crippen LogP contribution is 2.40. The monoisotopic (exact) mass is 412 g/mol. The lowest BCUT2D eigenvalue weighted by molar-refractivity contribution is -0.123. The van der Waals surface area contributed by atoms with E-state index < -0.39 is 0 Å². The van der Waals surface area contributed by atoms with Gasteiger partial charge in [-0.25, -0.2) is 0 Å². The summed E-state index contributed by atoms with van der Waals surface area (Å²) in [6.07, 6.45) is 5.12. The fraction of sp³-hybridized carbons (Fsp3) is 0.591. The molecular weight excluding hydrogens is 384 g/mol. The van der Waals surface area contributed by atoms with Gasteiger partial charge in [0.05, 0.1) is 18.6 Å². The first-order chi connectivity index (χ1) is 14.2. The zero-order valence-electron chi connectivity index (χ0n) is 16.6. The third kappa shape index (κ3) is 4.61. The van der Waals surface area contributed by atoms with Gasteiger partial charge in [0.25, 0.3) is 0 Å². The van der Waals surface area contributed by atoms with E-state index in [4.69, 9.17) is 4.74 Å². The molecule has 0 radical (unpaired) electrons. The van der Waals surface area contributed by atoms with E-state index in [1.807, 2.05) is 30.3 Å². The largest absolute Gasteiger partial charge is 0.376 e. The summed E-state index contributed by atoms with van der Waals surface area (Å²) in [5, 5.41) is 12.6. The number of rotatable bonds is 7. The zero-order chi connectivity index (χ0) is 19.6. The van der Waals surface area contributed by atoms with Gasteiger partial charge in [-0.3, -0.25) is 4.79 Å². The van der Waals surface area contributed by atoms with Crippen LogP contribution in [0.1, 0.15) is 31.2 Å². The van der Waals surface area contributed by atoms with Crippen LogP contribution in [0.25, 0.3) is 0 Å². The van der Waals surface area contributed by atoms with Crippen LogP contribution in [0.5, 0.6) is 0 Å². The van der Waals surface area contributed by atoms with Gasteiger partial charge >= 0.3 is 0 Å². The molecule has 4 atom stereocenters. The van der Waals surface area contributed by atoms with E-state index in [1.54, 1.807) is 16.8 Å². The number of nitrogens with zero attached hydrogens (tertiary/aromatic N) is 3. The topological polar surface area (TPSA) is 67.4 Å². The lowest BCUT2D eigenvalue weighted by Crippen LogP contribution is -2.51. The highest BCUT2D eigenvalue weighted by atomic mass is 32.1. The molecule has 1 N–H and O–H groups in total. The first kappa shape index (κ1) is 19.0. The highest BCUT2D eigenvalue weighted by Gasteiger charge is 2.44. The molecule has 0 unspecified atom stereocenters. The molecular formula is C22H28N4O2S. The van der Waals surface area contributed by atoms with Crippen LogP contribution in [-0.4, -0.2) is 47.9 Å². The molecule has 1 aromatic carbocycles. The Morgan fingerprint density at radius 2 is 1.97 bits per heavy atom. The van der Waals surface area contributed by atoms with Gasteiger partial charge in [-0.05, 0) is 49.0 Å². The number of hydrogen-bond acceptors (Lipinski definition) is 6. The molecule has 154 valence electrons. The van der Waals surface area contributed by atoms with Gasteiger partial charge in [0.15, 0.2) is 0 Å². The maximum Gasteiger partial charge on any atom is 0.224 e. The second-order valence-corrected chi connectivity index (χ2v) is 9.58. The van der Waals surface area contributed by atoms with Crippen molar-refractivity contribution in [1.29, 1.82) is 0 Å². The summed E-state index contributed by atoms with van der Waals surface area (Å²) < 4.78 is 6.35. The number of aromatic nitrogens is 2. The second kappa shape index (κ2) is 8.40. The summed E-state index contributed by atoms with van der Waals surface area (Å²) >= 11 is 1.60. The van der Waals surface area contributed by atoms with Crippen LogP contribution in [0.2, 0.25) is 0 Å². The van der Waals surface area contributed by atoms with Gasteiger partial charge in [0.1, 0.15) is 5.51 Å². The minimum Gasteiger partial charge on any atom is -0.376 e. The van der Waals surface area contributed by atoms with Gasteiger partial charge in [0.2, 0.25) is 11.0 Å². The molecule has 2 heterocycles. The van der Waals surface area contributed by atoms with Crippen molar-refractivity contribution in [2.45, 2.75) is 44.2 Å². The molecule has 3 fully saturated rings. The molecule has 1 saturated heterocycles. The lowest BCUT2D eigenvalue weighted by atomic mass is 9.77. The SMILES string of the molecule is O=C(Cc1ccccc1)N[C@H]1C[C@H]2CN(c3nncs3)C[C@H]2C[C@@H]1OCC1CC1. The molecule has 29 heavy (non-hydrogen) atoms. The van der Waals surface area contributed by atoms with Crippen molar-refractivity contribution in [2.75, 3.05) is 24.6 Å². The number of anilines is 1. The Labute approximate surface area is 175 Å². The van der Waals surface area contributed by atoms with E-state index in [1.165, 1.54) is 12.8 Å². The van der Waals surface area contributed by atoms with Crippen LogP contribution < -0.4 is 10.2 Å². The van der Waals surface area contributed by atoms with Crippen molar-refractivity contribution in [3.05, 3.63) is 41.4 Å². The molecule has 7 heteroatoms. The fourth-order valence-electron chi connectivity index (χ4n) is 4.79. The van der Waals surface area contributed by atoms with Gasteiger partial charge in [-0.15, -0.1) is 10.2 Å². The highest BCUT2D eigenvalue weighted by molar-refractivity contribution is 7.13. The average molecular weight is 413 g/mol. The van der Waals surface area contributed by atoms with Gasteiger partial charge in [-0.1, -0.05) is 41.7 Å². The molecule has 6 nitrogen and oxygen atoms in total. The van der Waals surface area contributed by atoms with E-state index >= 15 is 0 Å². The molecule has 0 spiro atoms. The quantitative estimate of drug-likeness (QED) is 0.757. The number of nitrogens with one attached hydrogen (secondary N) is 1. The number of amides is 1. The smallest absolute Gasteiger partial charge is 0.224 e. The number of benzene rings is 1. The van der Waals surface area contributed by atoms with E-state index in [2.05, 4.69) is 20.4 Å². The Morgan fingerprint density at radius 1 is 1.17 bits per heavy atom. The molecule has 1 amide bonds. The van der Waals surface area contributed by atoms with Crippen LogP contribution >= 0.6 is 11.3 Å². The predicted octanol–water partition coefficient (Wildman–Crippen LogP) is 2.91. The summed E-state index contributed by atoms with van der Waals surface area (Å²) in [4.78, 5) is 15.1. The van der Waals surface area contributed by atoms with Crippen molar-refractivity contribution < 1.29 is 9.53 Å². The molecule has 2 saturated carbocycles. The maximum atomic E-state index is 12.7. The third-order valence-corrected chi connectivity index (χ3v) is 7.28. The maximum absolute atomic E-state index is 12.7. The van der Waals surface area contributed by atoms with E-state index in [0.717, 1.165) is 49.2 Å². The lowest BCUT2D eigenvalue weighted by Gasteiger charge is -2.38. The van der Waals surface area contributed by atoms with Crippen LogP contribution in [0.4, 0.5) is 5.13 Å². The molecule has 2 aromatic rings. The third-order valence-electron chi connectivity index (χ3n) is 6.53. The van der Waals surface area contributed by atoms with Gasteiger partial charge in [0, 0.05) is 19.7 Å². The second-order valence-electron chi connectivity index (χ2n) is 8.77. The van der Waals surface area contributed by atoms with Crippen LogP contribution in [0.15, 0.2) is 35.8 Å². The van der Waals surface area contributed by atoms with Crippen molar-refractivity contribution >= 4 is 22.4 Å². The van der Waals surface area contributed by atoms with Crippen molar-refractivity contribution in [2.24, 2.45) is 17.8 Å². The average Bonchev–Trinajstić information content (AvgIpc) is 3.22. The standard InChI is InChI=1S/C22H28N4O2S/c27-21(8-15-4-2-1-3-5-15)24-19-9-17-11-26(22-25-23-14-29-22)12-18(17)10-20(19)28-13-16-6-7-16/h1-5,14,16-20H,6-13H2,(H,24,27)/t17-,18+,19-,20-/m0/s1. The number of carbonyl (C=O) groups excluding carboxylic acids is 1. The minimum absolute atomic E-state index is 0.0960. The Balaban J connectivity index is 1.24. The first-order valence-corrected chi connectivity index (χ1v) is 11.6. The van der Waals surface area contributed by atoms with Crippen LogP contribution in [0.3, 0.4) is 0 Å². The Morgan fingerprint density at radius 3 is 2.69 bits per heavy atom. The van der Waals surface area contributed by atoms with E-state index in [-0.39, 0.29) is 18.1 Å². The zero-order valence-corrected chi connectivity index (χ0v) is 17.4. The minimum atomic E-state index is 0.0960. The Hall–Kier alpha value is -1.99. The molecule has 0 bridgehead atoms. The van der Waals surface area contributed by atoms with Crippen LogP contribution in [0, 0.1) is 17.8 Å². The number of fused-ring (bicyclic) bond motifs is 1. The van der Waals surface area contributed by atoms with E-state index in [0.29, 0.717) is 18.3 Å². The number of hydrogen-bond donors (Lipinski definition) is 1. The Bertz CT molecular complexity index is 811. The molecule has 5 rings (SSSR count). The summed E-state index contributed by atoms with van der Waals surface area (Å²) in [5.41, 5.74) is 2.85. The molecule has 1 aromatic heterocycles. The first-order valence-electron chi connectivity index (χ1n) is 10.7. The van der Waals surface area contributed by atoms with Crippen LogP contribution in [-0.2, 0) is 16.0 Å². The summed E-state index contributed by atoms with van der Waals surface area (Å²) in [5.74, 6) is 2.00. The molecule has 2 aliphatic carbocycles.